The fourth-order valence-electron chi connectivity index (χ4n) is 4.33. The van der Waals surface area contributed by atoms with Crippen LogP contribution in [0.1, 0.15) is 23.1 Å². The minimum atomic E-state index is -0.387. The van der Waals surface area contributed by atoms with Gasteiger partial charge in [-0.3, -0.25) is 9.59 Å². The first kappa shape index (κ1) is 19.7. The Hall–Kier alpha value is -2.57. The molecule has 1 unspecified atom stereocenters. The second-order valence-electron chi connectivity index (χ2n) is 7.52. The van der Waals surface area contributed by atoms with Gasteiger partial charge in [-0.05, 0) is 42.3 Å². The number of benzene rings is 2. The molecule has 152 valence electrons. The van der Waals surface area contributed by atoms with E-state index >= 15 is 0 Å². The van der Waals surface area contributed by atoms with Crippen LogP contribution in [0.15, 0.2) is 30.3 Å². The van der Waals surface area contributed by atoms with Gasteiger partial charge in [-0.2, -0.15) is 0 Å². The van der Waals surface area contributed by atoms with Crippen LogP contribution in [0.2, 0.25) is 5.02 Å². The van der Waals surface area contributed by atoms with Gasteiger partial charge >= 0.3 is 0 Å². The van der Waals surface area contributed by atoms with Crippen LogP contribution in [0.25, 0.3) is 0 Å². The highest BCUT2D eigenvalue weighted by atomic mass is 35.5. The van der Waals surface area contributed by atoms with E-state index < -0.39 is 0 Å². The molecule has 2 aromatic carbocycles. The number of nitrogens with one attached hydrogen (secondary N) is 1. The Morgan fingerprint density at radius 2 is 1.79 bits per heavy atom. The molecule has 2 heterocycles. The molecule has 2 atom stereocenters. The number of anilines is 1. The zero-order valence-electron chi connectivity index (χ0n) is 16.8. The quantitative estimate of drug-likeness (QED) is 0.775. The molecule has 0 aromatic heterocycles. The highest BCUT2D eigenvalue weighted by Gasteiger charge is 2.47. The summed E-state index contributed by atoms with van der Waals surface area (Å²) in [4.78, 5) is 28.4. The molecule has 0 bridgehead atoms. The SMILES string of the molecule is COc1cc2c(cc1OC)C[NH+]([C@H]1CC(=O)N(c3cccc(Cl)c3C)C1=O)CC2. The molecule has 2 amide bonds. The molecule has 0 aliphatic carbocycles. The van der Waals surface area contributed by atoms with E-state index in [1.165, 1.54) is 10.5 Å². The lowest BCUT2D eigenvalue weighted by molar-refractivity contribution is -0.930. The largest absolute Gasteiger partial charge is 0.493 e. The number of fused-ring (bicyclic) bond motifs is 1. The van der Waals surface area contributed by atoms with Crippen molar-refractivity contribution in [3.63, 3.8) is 0 Å². The Labute approximate surface area is 174 Å². The first-order valence-corrected chi connectivity index (χ1v) is 10.0. The minimum absolute atomic E-state index is 0.153. The lowest BCUT2D eigenvalue weighted by Crippen LogP contribution is -3.16. The predicted octanol–water partition coefficient (Wildman–Crippen LogP) is 1.94. The van der Waals surface area contributed by atoms with E-state index in [0.717, 1.165) is 29.0 Å². The third-order valence-corrected chi connectivity index (χ3v) is 6.37. The molecule has 2 aliphatic heterocycles. The highest BCUT2D eigenvalue weighted by Crippen LogP contribution is 2.32. The van der Waals surface area contributed by atoms with Crippen molar-refractivity contribution in [2.75, 3.05) is 25.7 Å². The summed E-state index contributed by atoms with van der Waals surface area (Å²) in [5.74, 6) is 1.07. The van der Waals surface area contributed by atoms with Crippen molar-refractivity contribution >= 4 is 29.1 Å². The fraction of sp³-hybridized carbons (Fsp3) is 0.364. The maximum absolute atomic E-state index is 13.2. The van der Waals surface area contributed by atoms with Crippen LogP contribution in [0.5, 0.6) is 11.5 Å². The summed E-state index contributed by atoms with van der Waals surface area (Å²) >= 11 is 6.21. The number of nitrogens with zero attached hydrogens (tertiary/aromatic N) is 1. The molecule has 2 aliphatic rings. The van der Waals surface area contributed by atoms with Crippen LogP contribution in [-0.4, -0.2) is 38.6 Å². The molecule has 0 radical (unpaired) electrons. The molecular weight excluding hydrogens is 392 g/mol. The number of quaternary nitrogens is 1. The maximum Gasteiger partial charge on any atom is 0.292 e. The summed E-state index contributed by atoms with van der Waals surface area (Å²) in [6, 6.07) is 8.90. The zero-order valence-corrected chi connectivity index (χ0v) is 17.5. The number of hydrogen-bond donors (Lipinski definition) is 1. The number of halogens is 1. The number of carbonyl (C=O) groups is 2. The maximum atomic E-state index is 13.2. The molecule has 0 saturated carbocycles. The van der Waals surface area contributed by atoms with Crippen molar-refractivity contribution in [1.29, 1.82) is 0 Å². The van der Waals surface area contributed by atoms with Crippen molar-refractivity contribution in [3.05, 3.63) is 52.0 Å². The van der Waals surface area contributed by atoms with Gasteiger partial charge in [0, 0.05) is 17.0 Å². The van der Waals surface area contributed by atoms with Gasteiger partial charge in [0.1, 0.15) is 6.54 Å². The van der Waals surface area contributed by atoms with Gasteiger partial charge in [0.25, 0.3) is 5.91 Å². The van der Waals surface area contributed by atoms with Crippen LogP contribution >= 0.6 is 11.6 Å². The summed E-state index contributed by atoms with van der Waals surface area (Å²) < 4.78 is 10.8. The number of amides is 2. The van der Waals surface area contributed by atoms with E-state index in [-0.39, 0.29) is 24.3 Å². The third kappa shape index (κ3) is 3.36. The molecule has 1 fully saturated rings. The monoisotopic (exact) mass is 415 g/mol. The van der Waals surface area contributed by atoms with E-state index in [2.05, 4.69) is 0 Å². The Kier molecular flexibility index (Phi) is 5.23. The van der Waals surface area contributed by atoms with Gasteiger partial charge in [-0.15, -0.1) is 0 Å². The average molecular weight is 416 g/mol. The topological polar surface area (TPSA) is 60.3 Å². The molecule has 6 nitrogen and oxygen atoms in total. The minimum Gasteiger partial charge on any atom is -0.493 e. The summed E-state index contributed by atoms with van der Waals surface area (Å²) in [5.41, 5.74) is 3.65. The molecular formula is C22H24ClN2O4+. The third-order valence-electron chi connectivity index (χ3n) is 5.96. The zero-order chi connectivity index (χ0) is 20.7. The van der Waals surface area contributed by atoms with E-state index in [1.807, 2.05) is 19.1 Å². The van der Waals surface area contributed by atoms with E-state index in [0.29, 0.717) is 28.8 Å². The molecule has 1 saturated heterocycles. The number of hydrogen-bond acceptors (Lipinski definition) is 4. The standard InChI is InChI=1S/C22H23ClN2O4/c1-13-16(23)5-4-6-17(13)25-21(26)11-18(22(25)27)24-8-7-14-9-19(28-2)20(29-3)10-15(14)12-24/h4-6,9-10,18H,7-8,11-12H2,1-3H3/p+1/t18-/m0/s1. The molecule has 2 aromatic rings. The van der Waals surface area contributed by atoms with E-state index in [9.17, 15) is 9.59 Å². The summed E-state index contributed by atoms with van der Waals surface area (Å²) in [6.45, 7) is 3.28. The van der Waals surface area contributed by atoms with Gasteiger partial charge in [0.2, 0.25) is 5.91 Å². The van der Waals surface area contributed by atoms with Gasteiger partial charge in [-0.25, -0.2) is 4.90 Å². The average Bonchev–Trinajstić information content (AvgIpc) is 3.02. The Morgan fingerprint density at radius 3 is 2.48 bits per heavy atom. The highest BCUT2D eigenvalue weighted by molar-refractivity contribution is 6.32. The van der Waals surface area contributed by atoms with Crippen molar-refractivity contribution < 1.29 is 24.0 Å². The van der Waals surface area contributed by atoms with Crippen LogP contribution in [0.3, 0.4) is 0 Å². The van der Waals surface area contributed by atoms with E-state index in [1.54, 1.807) is 32.4 Å². The van der Waals surface area contributed by atoms with Crippen molar-refractivity contribution in [1.82, 2.24) is 0 Å². The van der Waals surface area contributed by atoms with Gasteiger partial charge in [-0.1, -0.05) is 17.7 Å². The van der Waals surface area contributed by atoms with Crippen LogP contribution in [-0.2, 0) is 22.6 Å². The van der Waals surface area contributed by atoms with Crippen LogP contribution in [0, 0.1) is 6.92 Å². The first-order chi connectivity index (χ1) is 13.9. The number of carbonyl (C=O) groups excluding carboxylic acids is 2. The molecule has 7 heteroatoms. The lowest BCUT2D eigenvalue weighted by atomic mass is 9.97. The summed E-state index contributed by atoms with van der Waals surface area (Å²) in [6.07, 6.45) is 1.03. The molecule has 29 heavy (non-hydrogen) atoms. The number of imide groups is 1. The van der Waals surface area contributed by atoms with Crippen LogP contribution in [0.4, 0.5) is 5.69 Å². The first-order valence-electron chi connectivity index (χ1n) is 9.64. The number of ether oxygens (including phenoxy) is 2. The molecule has 4 rings (SSSR count). The fourth-order valence-corrected chi connectivity index (χ4v) is 4.50. The van der Waals surface area contributed by atoms with Gasteiger partial charge < -0.3 is 14.4 Å². The van der Waals surface area contributed by atoms with E-state index in [4.69, 9.17) is 21.1 Å². The van der Waals surface area contributed by atoms with Crippen LogP contribution < -0.4 is 19.3 Å². The predicted molar refractivity (Wildman–Crippen MR) is 110 cm³/mol. The normalized spacial score (nSPS) is 21.3. The summed E-state index contributed by atoms with van der Waals surface area (Å²) in [7, 11) is 3.24. The lowest BCUT2D eigenvalue weighted by Gasteiger charge is -2.30. The molecule has 0 spiro atoms. The molecule has 1 N–H and O–H groups in total. The smallest absolute Gasteiger partial charge is 0.292 e. The van der Waals surface area contributed by atoms with Crippen molar-refractivity contribution in [2.24, 2.45) is 0 Å². The Morgan fingerprint density at radius 1 is 1.10 bits per heavy atom. The van der Waals surface area contributed by atoms with Crippen molar-refractivity contribution in [3.8, 4) is 11.5 Å². The number of rotatable bonds is 4. The summed E-state index contributed by atoms with van der Waals surface area (Å²) in [5, 5.41) is 0.548. The number of methoxy groups -OCH3 is 2. The second-order valence-corrected chi connectivity index (χ2v) is 7.93. The van der Waals surface area contributed by atoms with Gasteiger partial charge in [0.15, 0.2) is 17.5 Å². The second kappa shape index (κ2) is 7.69. The Bertz CT molecular complexity index is 991. The van der Waals surface area contributed by atoms with Gasteiger partial charge in [0.05, 0.1) is 32.9 Å². The van der Waals surface area contributed by atoms with Crippen molar-refractivity contribution in [2.45, 2.75) is 32.4 Å². The Balaban J connectivity index is 1.60.